The fourth-order valence-corrected chi connectivity index (χ4v) is 2.20. The predicted octanol–water partition coefficient (Wildman–Crippen LogP) is 3.08. The molecule has 0 aliphatic carbocycles. The molecular formula is C11H10Cl2O3. The van der Waals surface area contributed by atoms with Crippen LogP contribution in [-0.4, -0.2) is 16.7 Å². The number of benzene rings is 1. The number of carboxylic acid groups (broad SMARTS) is 1. The summed E-state index contributed by atoms with van der Waals surface area (Å²) in [6.07, 6.45) is 0. The highest BCUT2D eigenvalue weighted by Crippen LogP contribution is 2.56. The van der Waals surface area contributed by atoms with Gasteiger partial charge in [-0.3, -0.25) is 0 Å². The summed E-state index contributed by atoms with van der Waals surface area (Å²) in [6.45, 7) is 3.45. The molecule has 1 aromatic carbocycles. The van der Waals surface area contributed by atoms with Crippen molar-refractivity contribution in [2.75, 3.05) is 0 Å². The zero-order chi connectivity index (χ0) is 12.1. The lowest BCUT2D eigenvalue weighted by Crippen LogP contribution is -2.28. The molecule has 0 bridgehead atoms. The Morgan fingerprint density at radius 3 is 2.25 bits per heavy atom. The Bertz CT molecular complexity index is 470. The minimum atomic E-state index is -1.30. The summed E-state index contributed by atoms with van der Waals surface area (Å²) < 4.78 is 5.33. The van der Waals surface area contributed by atoms with Gasteiger partial charge in [-0.25, -0.2) is 4.79 Å². The van der Waals surface area contributed by atoms with Crippen molar-refractivity contribution in [2.45, 2.75) is 25.0 Å². The van der Waals surface area contributed by atoms with E-state index in [0.717, 1.165) is 0 Å². The van der Waals surface area contributed by atoms with Crippen LogP contribution in [0.15, 0.2) is 18.2 Å². The molecule has 0 spiro atoms. The standard InChI is InChI=1S/C11H10Cl2O3/c1-10(2)11(16-10,9(14)15)6-3-4-7(12)8(13)5-6/h3-5H,1-2H3,(H,14,15). The van der Waals surface area contributed by atoms with Gasteiger partial charge in [0.15, 0.2) is 0 Å². The molecule has 2 rings (SSSR count). The van der Waals surface area contributed by atoms with Crippen molar-refractivity contribution >= 4 is 29.2 Å². The predicted molar refractivity (Wildman–Crippen MR) is 60.9 cm³/mol. The zero-order valence-electron chi connectivity index (χ0n) is 8.75. The molecule has 86 valence electrons. The van der Waals surface area contributed by atoms with E-state index < -0.39 is 17.2 Å². The Balaban J connectivity index is 2.51. The van der Waals surface area contributed by atoms with Crippen LogP contribution in [0.2, 0.25) is 10.0 Å². The summed E-state index contributed by atoms with van der Waals surface area (Å²) >= 11 is 11.6. The Hall–Kier alpha value is -0.770. The van der Waals surface area contributed by atoms with E-state index in [1.807, 2.05) is 0 Å². The molecule has 1 saturated heterocycles. The number of halogens is 2. The minimum absolute atomic E-state index is 0.325. The molecule has 0 saturated carbocycles. The number of carboxylic acids is 1. The van der Waals surface area contributed by atoms with Crippen LogP contribution in [0, 0.1) is 0 Å². The van der Waals surface area contributed by atoms with Gasteiger partial charge in [-0.15, -0.1) is 0 Å². The van der Waals surface area contributed by atoms with Gasteiger partial charge in [0.2, 0.25) is 5.60 Å². The third-order valence-corrected chi connectivity index (χ3v) is 3.58. The summed E-state index contributed by atoms with van der Waals surface area (Å²) in [5.41, 5.74) is -1.52. The van der Waals surface area contributed by atoms with E-state index in [9.17, 15) is 9.90 Å². The van der Waals surface area contributed by atoms with Crippen molar-refractivity contribution in [3.05, 3.63) is 33.8 Å². The van der Waals surface area contributed by atoms with E-state index in [1.165, 1.54) is 6.07 Å². The van der Waals surface area contributed by atoms with Gasteiger partial charge in [0.05, 0.1) is 10.0 Å². The summed E-state index contributed by atoms with van der Waals surface area (Å²) in [5.74, 6) is -1.02. The van der Waals surface area contributed by atoms with E-state index in [4.69, 9.17) is 27.9 Å². The van der Waals surface area contributed by atoms with Crippen molar-refractivity contribution in [1.82, 2.24) is 0 Å². The van der Waals surface area contributed by atoms with Crippen molar-refractivity contribution in [2.24, 2.45) is 0 Å². The first kappa shape index (κ1) is 11.7. The fraction of sp³-hybridized carbons (Fsp3) is 0.364. The Morgan fingerprint density at radius 1 is 1.31 bits per heavy atom. The lowest BCUT2D eigenvalue weighted by atomic mass is 9.88. The molecule has 0 radical (unpaired) electrons. The number of rotatable bonds is 2. The van der Waals surface area contributed by atoms with Gasteiger partial charge in [-0.1, -0.05) is 29.3 Å². The Morgan fingerprint density at radius 2 is 1.88 bits per heavy atom. The van der Waals surface area contributed by atoms with E-state index in [0.29, 0.717) is 15.6 Å². The molecule has 1 aromatic rings. The minimum Gasteiger partial charge on any atom is -0.479 e. The van der Waals surface area contributed by atoms with E-state index in [2.05, 4.69) is 0 Å². The zero-order valence-corrected chi connectivity index (χ0v) is 10.3. The van der Waals surface area contributed by atoms with Gasteiger partial charge in [0.1, 0.15) is 5.60 Å². The topological polar surface area (TPSA) is 49.8 Å². The van der Waals surface area contributed by atoms with Crippen LogP contribution in [0.25, 0.3) is 0 Å². The molecule has 5 heteroatoms. The molecule has 1 N–H and O–H groups in total. The highest BCUT2D eigenvalue weighted by molar-refractivity contribution is 6.42. The largest absolute Gasteiger partial charge is 0.479 e. The Kier molecular flexibility index (Phi) is 2.46. The smallest absolute Gasteiger partial charge is 0.343 e. The molecule has 0 aromatic heterocycles. The first-order chi connectivity index (χ1) is 7.31. The second-order valence-electron chi connectivity index (χ2n) is 4.23. The fourth-order valence-electron chi connectivity index (χ4n) is 1.90. The lowest BCUT2D eigenvalue weighted by Gasteiger charge is -2.11. The van der Waals surface area contributed by atoms with E-state index >= 15 is 0 Å². The van der Waals surface area contributed by atoms with Gasteiger partial charge in [0, 0.05) is 0 Å². The van der Waals surface area contributed by atoms with Crippen molar-refractivity contribution in [3.8, 4) is 0 Å². The molecular weight excluding hydrogens is 251 g/mol. The van der Waals surface area contributed by atoms with Gasteiger partial charge in [-0.2, -0.15) is 0 Å². The van der Waals surface area contributed by atoms with Crippen LogP contribution in [0.3, 0.4) is 0 Å². The quantitative estimate of drug-likeness (QED) is 0.832. The number of hydrogen-bond acceptors (Lipinski definition) is 2. The maximum absolute atomic E-state index is 11.3. The molecule has 3 nitrogen and oxygen atoms in total. The molecule has 1 fully saturated rings. The van der Waals surface area contributed by atoms with Crippen LogP contribution in [-0.2, 0) is 15.1 Å². The Labute approximate surface area is 103 Å². The van der Waals surface area contributed by atoms with Crippen molar-refractivity contribution in [1.29, 1.82) is 0 Å². The maximum Gasteiger partial charge on any atom is 0.343 e. The first-order valence-electron chi connectivity index (χ1n) is 4.70. The second-order valence-corrected chi connectivity index (χ2v) is 5.04. The normalized spacial score (nSPS) is 26.5. The first-order valence-corrected chi connectivity index (χ1v) is 5.46. The number of carbonyl (C=O) groups is 1. The highest BCUT2D eigenvalue weighted by atomic mass is 35.5. The number of ether oxygens (including phenoxy) is 1. The maximum atomic E-state index is 11.3. The highest BCUT2D eigenvalue weighted by Gasteiger charge is 2.70. The van der Waals surface area contributed by atoms with Crippen LogP contribution in [0.4, 0.5) is 0 Å². The van der Waals surface area contributed by atoms with E-state index in [-0.39, 0.29) is 0 Å². The van der Waals surface area contributed by atoms with Crippen molar-refractivity contribution in [3.63, 3.8) is 0 Å². The summed E-state index contributed by atoms with van der Waals surface area (Å²) in [7, 11) is 0. The number of epoxide rings is 1. The van der Waals surface area contributed by atoms with Crippen LogP contribution >= 0.6 is 23.2 Å². The number of hydrogen-bond donors (Lipinski definition) is 1. The molecule has 1 aliphatic rings. The average molecular weight is 261 g/mol. The van der Waals surface area contributed by atoms with E-state index in [1.54, 1.807) is 26.0 Å². The van der Waals surface area contributed by atoms with Crippen LogP contribution in [0.1, 0.15) is 19.4 Å². The average Bonchev–Trinajstić information content (AvgIpc) is 2.75. The molecule has 0 amide bonds. The van der Waals surface area contributed by atoms with Crippen molar-refractivity contribution < 1.29 is 14.6 Å². The van der Waals surface area contributed by atoms with Crippen LogP contribution < -0.4 is 0 Å². The SMILES string of the molecule is CC1(C)OC1(C(=O)O)c1ccc(Cl)c(Cl)c1. The van der Waals surface area contributed by atoms with Crippen LogP contribution in [0.5, 0.6) is 0 Å². The number of aliphatic carboxylic acids is 1. The lowest BCUT2D eigenvalue weighted by molar-refractivity contribution is -0.143. The monoisotopic (exact) mass is 260 g/mol. The van der Waals surface area contributed by atoms with Gasteiger partial charge in [0.25, 0.3) is 0 Å². The third-order valence-electron chi connectivity index (χ3n) is 2.84. The third kappa shape index (κ3) is 1.43. The molecule has 1 unspecified atom stereocenters. The van der Waals surface area contributed by atoms with Gasteiger partial charge in [-0.05, 0) is 31.5 Å². The molecule has 16 heavy (non-hydrogen) atoms. The van der Waals surface area contributed by atoms with Gasteiger partial charge < -0.3 is 9.84 Å². The molecule has 1 atom stereocenters. The summed E-state index contributed by atoms with van der Waals surface area (Å²) in [4.78, 5) is 11.3. The molecule has 1 heterocycles. The summed E-state index contributed by atoms with van der Waals surface area (Å²) in [6, 6.07) is 4.73. The summed E-state index contributed by atoms with van der Waals surface area (Å²) in [5, 5.41) is 9.97. The second kappa shape index (κ2) is 3.36. The van der Waals surface area contributed by atoms with Gasteiger partial charge >= 0.3 is 5.97 Å². The molecule has 1 aliphatic heterocycles.